The van der Waals surface area contributed by atoms with Crippen molar-refractivity contribution in [3.8, 4) is 0 Å². The molecular weight excluding hydrogens is 332 g/mol. The van der Waals surface area contributed by atoms with Crippen LogP contribution in [0.3, 0.4) is 0 Å². The number of piperazine rings is 1. The van der Waals surface area contributed by atoms with Gasteiger partial charge in [-0.05, 0) is 25.1 Å². The predicted molar refractivity (Wildman–Crippen MR) is 99.3 cm³/mol. The van der Waals surface area contributed by atoms with E-state index in [1.54, 1.807) is 16.7 Å². The molecular formula is C19H26N4O3. The van der Waals surface area contributed by atoms with Crippen LogP contribution in [0, 0.1) is 0 Å². The predicted octanol–water partition coefficient (Wildman–Crippen LogP) is 2.61. The van der Waals surface area contributed by atoms with Gasteiger partial charge in [-0.15, -0.1) is 0 Å². The van der Waals surface area contributed by atoms with E-state index in [1.807, 2.05) is 25.2 Å². The summed E-state index contributed by atoms with van der Waals surface area (Å²) in [5, 5.41) is 0. The SMILES string of the molecule is CCOC(=O)N1CCN(C(=O)c2ccc3c(c2)nc(C(C)C)n3C)CC1. The minimum Gasteiger partial charge on any atom is -0.450 e. The first-order valence-electron chi connectivity index (χ1n) is 9.09. The Morgan fingerprint density at radius 3 is 2.42 bits per heavy atom. The van der Waals surface area contributed by atoms with Crippen LogP contribution in [0.1, 0.15) is 42.9 Å². The zero-order valence-electron chi connectivity index (χ0n) is 15.9. The van der Waals surface area contributed by atoms with Gasteiger partial charge >= 0.3 is 6.09 Å². The molecule has 0 N–H and O–H groups in total. The van der Waals surface area contributed by atoms with Gasteiger partial charge in [-0.25, -0.2) is 9.78 Å². The summed E-state index contributed by atoms with van der Waals surface area (Å²) < 4.78 is 7.09. The van der Waals surface area contributed by atoms with Crippen molar-refractivity contribution >= 4 is 23.0 Å². The summed E-state index contributed by atoms with van der Waals surface area (Å²) in [6.07, 6.45) is -0.310. The van der Waals surface area contributed by atoms with Crippen molar-refractivity contribution < 1.29 is 14.3 Å². The molecule has 0 aliphatic carbocycles. The van der Waals surface area contributed by atoms with Crippen LogP contribution >= 0.6 is 0 Å². The number of benzene rings is 1. The van der Waals surface area contributed by atoms with Crippen LogP contribution < -0.4 is 0 Å². The molecule has 2 aromatic rings. The van der Waals surface area contributed by atoms with E-state index in [0.29, 0.717) is 44.3 Å². The molecule has 0 saturated carbocycles. The van der Waals surface area contributed by atoms with Crippen LogP contribution in [0.5, 0.6) is 0 Å². The maximum Gasteiger partial charge on any atom is 0.409 e. The highest BCUT2D eigenvalue weighted by atomic mass is 16.6. The highest BCUT2D eigenvalue weighted by molar-refractivity contribution is 5.97. The van der Waals surface area contributed by atoms with Gasteiger partial charge in [-0.2, -0.15) is 0 Å². The number of aryl methyl sites for hydroxylation is 1. The molecule has 0 unspecified atom stereocenters. The van der Waals surface area contributed by atoms with Crippen molar-refractivity contribution in [2.24, 2.45) is 7.05 Å². The van der Waals surface area contributed by atoms with Gasteiger partial charge in [0.25, 0.3) is 5.91 Å². The fourth-order valence-corrected chi connectivity index (χ4v) is 3.36. The number of amides is 2. The number of fused-ring (bicyclic) bond motifs is 1. The highest BCUT2D eigenvalue weighted by Crippen LogP contribution is 2.22. The average molecular weight is 358 g/mol. The van der Waals surface area contributed by atoms with Gasteiger partial charge in [0.2, 0.25) is 0 Å². The number of nitrogens with zero attached hydrogens (tertiary/aromatic N) is 4. The summed E-state index contributed by atoms with van der Waals surface area (Å²) in [7, 11) is 2.00. The number of carbonyl (C=O) groups is 2. The van der Waals surface area contributed by atoms with Gasteiger partial charge in [0.15, 0.2) is 0 Å². The molecule has 1 saturated heterocycles. The van der Waals surface area contributed by atoms with Crippen LogP contribution in [0.4, 0.5) is 4.79 Å². The van der Waals surface area contributed by atoms with Gasteiger partial charge < -0.3 is 19.1 Å². The molecule has 140 valence electrons. The van der Waals surface area contributed by atoms with Gasteiger partial charge in [-0.1, -0.05) is 13.8 Å². The zero-order chi connectivity index (χ0) is 18.8. The van der Waals surface area contributed by atoms with Crippen molar-refractivity contribution in [2.75, 3.05) is 32.8 Å². The number of carbonyl (C=O) groups excluding carboxylic acids is 2. The highest BCUT2D eigenvalue weighted by Gasteiger charge is 2.26. The largest absolute Gasteiger partial charge is 0.450 e. The lowest BCUT2D eigenvalue weighted by Gasteiger charge is -2.34. The number of hydrogen-bond donors (Lipinski definition) is 0. The zero-order valence-corrected chi connectivity index (χ0v) is 15.9. The monoisotopic (exact) mass is 358 g/mol. The van der Waals surface area contributed by atoms with Gasteiger partial charge in [0.1, 0.15) is 5.82 Å². The first-order chi connectivity index (χ1) is 12.4. The summed E-state index contributed by atoms with van der Waals surface area (Å²) in [4.78, 5) is 32.7. The van der Waals surface area contributed by atoms with E-state index in [1.165, 1.54) is 0 Å². The minimum atomic E-state index is -0.310. The van der Waals surface area contributed by atoms with Gasteiger partial charge in [0, 0.05) is 44.7 Å². The third-order valence-electron chi connectivity index (χ3n) is 4.77. The Labute approximate surface area is 153 Å². The number of rotatable bonds is 3. The van der Waals surface area contributed by atoms with Crippen molar-refractivity contribution in [3.05, 3.63) is 29.6 Å². The first kappa shape index (κ1) is 18.2. The fourth-order valence-electron chi connectivity index (χ4n) is 3.36. The van der Waals surface area contributed by atoms with E-state index in [-0.39, 0.29) is 12.0 Å². The molecule has 1 aliphatic heterocycles. The molecule has 2 amide bonds. The van der Waals surface area contributed by atoms with Crippen LogP contribution in [0.2, 0.25) is 0 Å². The summed E-state index contributed by atoms with van der Waals surface area (Å²) in [6, 6.07) is 5.67. The number of imidazole rings is 1. The Kier molecular flexibility index (Phi) is 5.15. The molecule has 1 aliphatic rings. The fraction of sp³-hybridized carbons (Fsp3) is 0.526. The number of hydrogen-bond acceptors (Lipinski definition) is 4. The van der Waals surface area contributed by atoms with Gasteiger partial charge in [0.05, 0.1) is 17.6 Å². The third kappa shape index (κ3) is 3.38. The van der Waals surface area contributed by atoms with Crippen molar-refractivity contribution in [2.45, 2.75) is 26.7 Å². The molecule has 26 heavy (non-hydrogen) atoms. The normalized spacial score (nSPS) is 15.0. The summed E-state index contributed by atoms with van der Waals surface area (Å²) in [5.41, 5.74) is 2.50. The van der Waals surface area contributed by atoms with E-state index >= 15 is 0 Å². The van der Waals surface area contributed by atoms with Crippen LogP contribution in [0.25, 0.3) is 11.0 Å². The van der Waals surface area contributed by atoms with E-state index in [9.17, 15) is 9.59 Å². The molecule has 2 heterocycles. The molecule has 7 heteroatoms. The first-order valence-corrected chi connectivity index (χ1v) is 9.09. The molecule has 3 rings (SSSR count). The Morgan fingerprint density at radius 1 is 1.15 bits per heavy atom. The smallest absolute Gasteiger partial charge is 0.409 e. The quantitative estimate of drug-likeness (QED) is 0.846. The van der Waals surface area contributed by atoms with Crippen molar-refractivity contribution in [1.29, 1.82) is 0 Å². The molecule has 7 nitrogen and oxygen atoms in total. The summed E-state index contributed by atoms with van der Waals surface area (Å²) in [5.74, 6) is 1.31. The van der Waals surface area contributed by atoms with Gasteiger partial charge in [-0.3, -0.25) is 4.79 Å². The molecule has 0 atom stereocenters. The number of ether oxygens (including phenoxy) is 1. The van der Waals surface area contributed by atoms with Crippen molar-refractivity contribution in [3.63, 3.8) is 0 Å². The Balaban J connectivity index is 1.73. The second-order valence-electron chi connectivity index (χ2n) is 6.87. The Morgan fingerprint density at radius 2 is 1.81 bits per heavy atom. The maximum absolute atomic E-state index is 12.8. The van der Waals surface area contributed by atoms with E-state index in [4.69, 9.17) is 4.74 Å². The second-order valence-corrected chi connectivity index (χ2v) is 6.87. The molecule has 1 aromatic heterocycles. The summed E-state index contributed by atoms with van der Waals surface area (Å²) in [6.45, 7) is 8.37. The lowest BCUT2D eigenvalue weighted by Crippen LogP contribution is -2.50. The lowest BCUT2D eigenvalue weighted by atomic mass is 10.1. The molecule has 0 radical (unpaired) electrons. The standard InChI is InChI=1S/C19H26N4O3/c1-5-26-19(25)23-10-8-22(9-11-23)18(24)14-6-7-16-15(12-14)20-17(13(2)3)21(16)4/h6-7,12-13H,5,8-11H2,1-4H3. The lowest BCUT2D eigenvalue weighted by molar-refractivity contribution is 0.0570. The molecule has 1 aromatic carbocycles. The van der Waals surface area contributed by atoms with E-state index in [0.717, 1.165) is 16.9 Å². The van der Waals surface area contributed by atoms with E-state index in [2.05, 4.69) is 23.4 Å². The van der Waals surface area contributed by atoms with Crippen molar-refractivity contribution in [1.82, 2.24) is 19.4 Å². The second kappa shape index (κ2) is 7.35. The molecule has 0 bridgehead atoms. The van der Waals surface area contributed by atoms with Crippen LogP contribution in [0.15, 0.2) is 18.2 Å². The summed E-state index contributed by atoms with van der Waals surface area (Å²) >= 11 is 0. The molecule has 0 spiro atoms. The Hall–Kier alpha value is -2.57. The van der Waals surface area contributed by atoms with E-state index < -0.39 is 0 Å². The maximum atomic E-state index is 12.8. The molecule has 1 fully saturated rings. The minimum absolute atomic E-state index is 0.0211. The van der Waals surface area contributed by atoms with Crippen LogP contribution in [-0.2, 0) is 11.8 Å². The topological polar surface area (TPSA) is 67.7 Å². The third-order valence-corrected chi connectivity index (χ3v) is 4.77. The number of aromatic nitrogens is 2. The Bertz CT molecular complexity index is 820. The van der Waals surface area contributed by atoms with Crippen LogP contribution in [-0.4, -0.2) is 64.1 Å². The average Bonchev–Trinajstić information content (AvgIpc) is 2.98.